The first-order valence-electron chi connectivity index (χ1n) is 5.96. The molecule has 0 saturated heterocycles. The predicted octanol–water partition coefficient (Wildman–Crippen LogP) is 5.33. The first-order valence-corrected chi connectivity index (χ1v) is 7.55. The van der Waals surface area contributed by atoms with E-state index in [9.17, 15) is 0 Å². The molecular weight excluding hydrogens is 370 g/mol. The van der Waals surface area contributed by atoms with Crippen LogP contribution in [0, 0.1) is 6.92 Å². The van der Waals surface area contributed by atoms with E-state index in [1.165, 1.54) is 0 Å². The summed E-state index contributed by atoms with van der Waals surface area (Å²) in [6.45, 7) is 3.99. The first kappa shape index (κ1) is 14.6. The fourth-order valence-electron chi connectivity index (χ4n) is 1.76. The maximum atomic E-state index is 5.94. The van der Waals surface area contributed by atoms with E-state index >= 15 is 0 Å². The molecule has 0 spiro atoms. The van der Waals surface area contributed by atoms with Crippen LogP contribution in [0.3, 0.4) is 0 Å². The minimum atomic E-state index is -0.00607. The van der Waals surface area contributed by atoms with E-state index in [2.05, 4.69) is 31.9 Å². The molecule has 2 aromatic rings. The van der Waals surface area contributed by atoms with E-state index in [0.717, 1.165) is 31.6 Å². The lowest BCUT2D eigenvalue weighted by Crippen LogP contribution is -2.04. The predicted molar refractivity (Wildman–Crippen MR) is 85.7 cm³/mol. The maximum absolute atomic E-state index is 5.94. The molecule has 0 amide bonds. The van der Waals surface area contributed by atoms with Gasteiger partial charge < -0.3 is 10.5 Å². The van der Waals surface area contributed by atoms with Gasteiger partial charge >= 0.3 is 0 Å². The molecule has 0 aromatic heterocycles. The molecule has 0 saturated carbocycles. The molecule has 2 aromatic carbocycles. The van der Waals surface area contributed by atoms with Crippen LogP contribution in [0.5, 0.6) is 11.5 Å². The van der Waals surface area contributed by atoms with Crippen molar-refractivity contribution in [3.63, 3.8) is 0 Å². The fraction of sp³-hybridized carbons (Fsp3) is 0.200. The van der Waals surface area contributed by atoms with Crippen LogP contribution in [0.15, 0.2) is 45.3 Å². The molecular formula is C15H15Br2NO. The van der Waals surface area contributed by atoms with Gasteiger partial charge in [0.25, 0.3) is 0 Å². The van der Waals surface area contributed by atoms with E-state index in [1.54, 1.807) is 0 Å². The second kappa shape index (κ2) is 6.07. The van der Waals surface area contributed by atoms with Crippen LogP contribution in [0.2, 0.25) is 0 Å². The summed E-state index contributed by atoms with van der Waals surface area (Å²) >= 11 is 7.05. The van der Waals surface area contributed by atoms with Crippen molar-refractivity contribution in [2.24, 2.45) is 5.73 Å². The molecule has 4 heteroatoms. The van der Waals surface area contributed by atoms with Crippen molar-refractivity contribution in [1.29, 1.82) is 0 Å². The van der Waals surface area contributed by atoms with Crippen LogP contribution in [0.25, 0.3) is 0 Å². The molecule has 19 heavy (non-hydrogen) atoms. The molecule has 0 bridgehead atoms. The molecule has 0 aliphatic heterocycles. The number of aryl methyl sites for hydroxylation is 1. The van der Waals surface area contributed by atoms with E-state index in [-0.39, 0.29) is 6.04 Å². The SMILES string of the molecule is Cc1cc(Br)c(Oc2cccc(C(C)N)c2)c(Br)c1. The Hall–Kier alpha value is -0.840. The average molecular weight is 385 g/mol. The van der Waals surface area contributed by atoms with Crippen LogP contribution in [0.4, 0.5) is 0 Å². The number of rotatable bonds is 3. The Morgan fingerprint density at radius 3 is 2.32 bits per heavy atom. The zero-order valence-electron chi connectivity index (χ0n) is 10.8. The van der Waals surface area contributed by atoms with Crippen LogP contribution >= 0.6 is 31.9 Å². The van der Waals surface area contributed by atoms with E-state index < -0.39 is 0 Å². The summed E-state index contributed by atoms with van der Waals surface area (Å²) in [4.78, 5) is 0. The zero-order chi connectivity index (χ0) is 14.0. The number of benzene rings is 2. The van der Waals surface area contributed by atoms with Gasteiger partial charge in [-0.05, 0) is 81.1 Å². The summed E-state index contributed by atoms with van der Waals surface area (Å²) in [6.07, 6.45) is 0. The monoisotopic (exact) mass is 383 g/mol. The highest BCUT2D eigenvalue weighted by Crippen LogP contribution is 2.38. The van der Waals surface area contributed by atoms with Gasteiger partial charge in [0.1, 0.15) is 5.75 Å². The zero-order valence-corrected chi connectivity index (χ0v) is 14.0. The highest BCUT2D eigenvalue weighted by atomic mass is 79.9. The Labute approximate surface area is 130 Å². The van der Waals surface area contributed by atoms with Gasteiger partial charge in [0.2, 0.25) is 0 Å². The van der Waals surface area contributed by atoms with Crippen LogP contribution in [-0.4, -0.2) is 0 Å². The van der Waals surface area contributed by atoms with Gasteiger partial charge in [-0.2, -0.15) is 0 Å². The lowest BCUT2D eigenvalue weighted by Gasteiger charge is -2.13. The second-order valence-corrected chi connectivity index (χ2v) is 6.23. The molecule has 2 nitrogen and oxygen atoms in total. The number of halogens is 2. The average Bonchev–Trinajstić information content (AvgIpc) is 2.34. The van der Waals surface area contributed by atoms with Crippen molar-refractivity contribution in [2.75, 3.05) is 0 Å². The van der Waals surface area contributed by atoms with E-state index in [0.29, 0.717) is 0 Å². The summed E-state index contributed by atoms with van der Waals surface area (Å²) in [5.74, 6) is 1.55. The smallest absolute Gasteiger partial charge is 0.155 e. The quantitative estimate of drug-likeness (QED) is 0.775. The second-order valence-electron chi connectivity index (χ2n) is 4.52. The third-order valence-corrected chi connectivity index (χ3v) is 3.92. The number of hydrogen-bond donors (Lipinski definition) is 1. The van der Waals surface area contributed by atoms with Crippen molar-refractivity contribution in [1.82, 2.24) is 0 Å². The summed E-state index contributed by atoms with van der Waals surface area (Å²) in [5.41, 5.74) is 8.10. The molecule has 1 atom stereocenters. The number of nitrogens with two attached hydrogens (primary N) is 1. The molecule has 0 aliphatic carbocycles. The molecule has 1 unspecified atom stereocenters. The van der Waals surface area contributed by atoms with Crippen LogP contribution in [0.1, 0.15) is 24.1 Å². The summed E-state index contributed by atoms with van der Waals surface area (Å²) in [5, 5.41) is 0. The topological polar surface area (TPSA) is 35.2 Å². The van der Waals surface area contributed by atoms with Gasteiger partial charge in [0, 0.05) is 6.04 Å². The maximum Gasteiger partial charge on any atom is 0.155 e. The van der Waals surface area contributed by atoms with Gasteiger partial charge in [0.05, 0.1) is 8.95 Å². The molecule has 0 aliphatic rings. The fourth-order valence-corrected chi connectivity index (χ4v) is 3.34. The third-order valence-electron chi connectivity index (χ3n) is 2.75. The first-order chi connectivity index (χ1) is 8.97. The van der Waals surface area contributed by atoms with Crippen LogP contribution < -0.4 is 10.5 Å². The molecule has 2 rings (SSSR count). The minimum Gasteiger partial charge on any atom is -0.455 e. The summed E-state index contributed by atoms with van der Waals surface area (Å²) in [6, 6.07) is 11.9. The van der Waals surface area contributed by atoms with Gasteiger partial charge in [-0.25, -0.2) is 0 Å². The third kappa shape index (κ3) is 3.59. The Morgan fingerprint density at radius 1 is 1.11 bits per heavy atom. The molecule has 100 valence electrons. The molecule has 0 radical (unpaired) electrons. The minimum absolute atomic E-state index is 0.00607. The highest BCUT2D eigenvalue weighted by Gasteiger charge is 2.09. The Morgan fingerprint density at radius 2 is 1.74 bits per heavy atom. The van der Waals surface area contributed by atoms with Crippen molar-refractivity contribution >= 4 is 31.9 Å². The Balaban J connectivity index is 2.34. The van der Waals surface area contributed by atoms with Crippen molar-refractivity contribution in [3.8, 4) is 11.5 Å². The normalized spacial score (nSPS) is 12.3. The van der Waals surface area contributed by atoms with E-state index in [1.807, 2.05) is 50.2 Å². The largest absolute Gasteiger partial charge is 0.455 e. The lowest BCUT2D eigenvalue weighted by atomic mass is 10.1. The van der Waals surface area contributed by atoms with Gasteiger partial charge in [-0.1, -0.05) is 12.1 Å². The lowest BCUT2D eigenvalue weighted by molar-refractivity contribution is 0.475. The molecule has 2 N–H and O–H groups in total. The van der Waals surface area contributed by atoms with Crippen LogP contribution in [-0.2, 0) is 0 Å². The Kier molecular flexibility index (Phi) is 4.66. The van der Waals surface area contributed by atoms with Crippen molar-refractivity contribution in [3.05, 3.63) is 56.5 Å². The summed E-state index contributed by atoms with van der Waals surface area (Å²) < 4.78 is 7.78. The highest BCUT2D eigenvalue weighted by molar-refractivity contribution is 9.11. The molecule has 0 heterocycles. The van der Waals surface area contributed by atoms with Crippen molar-refractivity contribution in [2.45, 2.75) is 19.9 Å². The van der Waals surface area contributed by atoms with Gasteiger partial charge in [0.15, 0.2) is 5.75 Å². The van der Waals surface area contributed by atoms with Gasteiger partial charge in [-0.15, -0.1) is 0 Å². The van der Waals surface area contributed by atoms with E-state index in [4.69, 9.17) is 10.5 Å². The van der Waals surface area contributed by atoms with Gasteiger partial charge in [-0.3, -0.25) is 0 Å². The summed E-state index contributed by atoms with van der Waals surface area (Å²) in [7, 11) is 0. The molecule has 0 fully saturated rings. The Bertz CT molecular complexity index is 573. The number of hydrogen-bond acceptors (Lipinski definition) is 2. The number of ether oxygens (including phenoxy) is 1. The van der Waals surface area contributed by atoms with Crippen molar-refractivity contribution < 1.29 is 4.74 Å². The standard InChI is InChI=1S/C15H15Br2NO/c1-9-6-13(16)15(14(17)7-9)19-12-5-3-4-11(8-12)10(2)18/h3-8,10H,18H2,1-2H3.